The molecule has 0 spiro atoms. The van der Waals surface area contributed by atoms with Crippen LogP contribution in [-0.4, -0.2) is 5.84 Å². The standard InChI is InChI=1S/C11H14N2/c1-2-10(11(12)13)8-9-6-4-3-5-7-9/h2-7,10H,1,8H2,(H3,12,13). The van der Waals surface area contributed by atoms with Crippen LogP contribution < -0.4 is 5.73 Å². The highest BCUT2D eigenvalue weighted by atomic mass is 14.7. The minimum absolute atomic E-state index is 0.0394. The first-order chi connectivity index (χ1) is 6.24. The highest BCUT2D eigenvalue weighted by molar-refractivity contribution is 5.81. The minimum Gasteiger partial charge on any atom is -0.387 e. The van der Waals surface area contributed by atoms with Crippen molar-refractivity contribution in [3.8, 4) is 0 Å². The third kappa shape index (κ3) is 2.75. The van der Waals surface area contributed by atoms with Gasteiger partial charge in [-0.05, 0) is 12.0 Å². The maximum Gasteiger partial charge on any atom is 0.0978 e. The summed E-state index contributed by atoms with van der Waals surface area (Å²) < 4.78 is 0. The summed E-state index contributed by atoms with van der Waals surface area (Å²) in [5.74, 6) is 0.140. The van der Waals surface area contributed by atoms with Crippen LogP contribution in [0.2, 0.25) is 0 Å². The van der Waals surface area contributed by atoms with Crippen molar-refractivity contribution in [3.63, 3.8) is 0 Å². The molecule has 0 aliphatic rings. The lowest BCUT2D eigenvalue weighted by Crippen LogP contribution is -2.22. The summed E-state index contributed by atoms with van der Waals surface area (Å²) >= 11 is 0. The Bertz CT molecular complexity index is 290. The van der Waals surface area contributed by atoms with E-state index in [1.54, 1.807) is 6.08 Å². The van der Waals surface area contributed by atoms with Crippen molar-refractivity contribution in [2.75, 3.05) is 0 Å². The third-order valence-electron chi connectivity index (χ3n) is 1.98. The van der Waals surface area contributed by atoms with Crippen molar-refractivity contribution in [1.82, 2.24) is 0 Å². The molecule has 1 rings (SSSR count). The molecule has 0 fully saturated rings. The average molecular weight is 174 g/mol. The molecule has 1 atom stereocenters. The summed E-state index contributed by atoms with van der Waals surface area (Å²) in [4.78, 5) is 0. The second kappa shape index (κ2) is 4.45. The summed E-state index contributed by atoms with van der Waals surface area (Å²) in [6.45, 7) is 3.66. The Morgan fingerprint density at radius 3 is 2.54 bits per heavy atom. The molecule has 1 aromatic carbocycles. The van der Waals surface area contributed by atoms with E-state index in [0.29, 0.717) is 0 Å². The first kappa shape index (κ1) is 9.52. The maximum absolute atomic E-state index is 7.31. The molecule has 0 bridgehead atoms. The zero-order chi connectivity index (χ0) is 9.68. The van der Waals surface area contributed by atoms with E-state index in [-0.39, 0.29) is 11.8 Å². The monoisotopic (exact) mass is 174 g/mol. The Labute approximate surface area is 78.6 Å². The van der Waals surface area contributed by atoms with Crippen LogP contribution in [0, 0.1) is 11.3 Å². The van der Waals surface area contributed by atoms with Crippen LogP contribution in [0.25, 0.3) is 0 Å². The van der Waals surface area contributed by atoms with Gasteiger partial charge in [0.15, 0.2) is 0 Å². The van der Waals surface area contributed by atoms with Gasteiger partial charge in [-0.1, -0.05) is 36.4 Å². The topological polar surface area (TPSA) is 49.9 Å². The van der Waals surface area contributed by atoms with Crippen molar-refractivity contribution in [3.05, 3.63) is 48.6 Å². The average Bonchev–Trinajstić information content (AvgIpc) is 2.15. The van der Waals surface area contributed by atoms with Crippen LogP contribution in [0.1, 0.15) is 5.56 Å². The van der Waals surface area contributed by atoms with E-state index in [2.05, 4.69) is 6.58 Å². The Balaban J connectivity index is 2.67. The first-order valence-corrected chi connectivity index (χ1v) is 4.24. The number of nitrogens with one attached hydrogen (secondary N) is 1. The zero-order valence-electron chi connectivity index (χ0n) is 7.53. The highest BCUT2D eigenvalue weighted by Crippen LogP contribution is 2.08. The van der Waals surface area contributed by atoms with E-state index >= 15 is 0 Å². The first-order valence-electron chi connectivity index (χ1n) is 4.24. The van der Waals surface area contributed by atoms with Crippen molar-refractivity contribution >= 4 is 5.84 Å². The fourth-order valence-corrected chi connectivity index (χ4v) is 1.19. The van der Waals surface area contributed by atoms with Gasteiger partial charge in [0.1, 0.15) is 0 Å². The van der Waals surface area contributed by atoms with Gasteiger partial charge in [-0.2, -0.15) is 0 Å². The van der Waals surface area contributed by atoms with E-state index < -0.39 is 0 Å². The van der Waals surface area contributed by atoms with Gasteiger partial charge in [0.2, 0.25) is 0 Å². The van der Waals surface area contributed by atoms with E-state index in [1.165, 1.54) is 5.56 Å². The molecule has 68 valence electrons. The van der Waals surface area contributed by atoms with Crippen LogP contribution in [0.4, 0.5) is 0 Å². The third-order valence-corrected chi connectivity index (χ3v) is 1.98. The van der Waals surface area contributed by atoms with Gasteiger partial charge in [0.25, 0.3) is 0 Å². The molecule has 0 heterocycles. The molecule has 0 aliphatic heterocycles. The number of hydrogen-bond acceptors (Lipinski definition) is 1. The fraction of sp³-hybridized carbons (Fsp3) is 0.182. The number of nitrogens with two attached hydrogens (primary N) is 1. The number of amidine groups is 1. The molecule has 0 amide bonds. The smallest absolute Gasteiger partial charge is 0.0978 e. The molecule has 2 heteroatoms. The van der Waals surface area contributed by atoms with Gasteiger partial charge in [-0.25, -0.2) is 0 Å². The summed E-state index contributed by atoms with van der Waals surface area (Å²) in [5, 5.41) is 7.31. The lowest BCUT2D eigenvalue weighted by molar-refractivity contribution is 0.836. The largest absolute Gasteiger partial charge is 0.387 e. The van der Waals surface area contributed by atoms with Crippen LogP contribution in [-0.2, 0) is 6.42 Å². The SMILES string of the molecule is C=CC(Cc1ccccc1)C(=N)N. The summed E-state index contributed by atoms with van der Waals surface area (Å²) in [5.41, 5.74) is 6.59. The van der Waals surface area contributed by atoms with Crippen LogP contribution in [0.15, 0.2) is 43.0 Å². The molecular weight excluding hydrogens is 160 g/mol. The zero-order valence-corrected chi connectivity index (χ0v) is 7.53. The predicted octanol–water partition coefficient (Wildman–Crippen LogP) is 1.97. The maximum atomic E-state index is 7.31. The van der Waals surface area contributed by atoms with Gasteiger partial charge in [0.05, 0.1) is 5.84 Å². The molecule has 0 aromatic heterocycles. The molecule has 1 unspecified atom stereocenters. The molecule has 0 radical (unpaired) electrons. The number of benzene rings is 1. The van der Waals surface area contributed by atoms with E-state index in [4.69, 9.17) is 11.1 Å². The van der Waals surface area contributed by atoms with Crippen molar-refractivity contribution in [2.24, 2.45) is 11.7 Å². The van der Waals surface area contributed by atoms with Crippen LogP contribution in [0.5, 0.6) is 0 Å². The molecular formula is C11H14N2. The lowest BCUT2D eigenvalue weighted by Gasteiger charge is -2.09. The molecule has 0 saturated heterocycles. The van der Waals surface area contributed by atoms with Gasteiger partial charge < -0.3 is 5.73 Å². The fourth-order valence-electron chi connectivity index (χ4n) is 1.19. The Morgan fingerprint density at radius 2 is 2.08 bits per heavy atom. The van der Waals surface area contributed by atoms with Crippen molar-refractivity contribution in [2.45, 2.75) is 6.42 Å². The quantitative estimate of drug-likeness (QED) is 0.409. The second-order valence-electron chi connectivity index (χ2n) is 2.99. The summed E-state index contributed by atoms with van der Waals surface area (Å²) in [7, 11) is 0. The highest BCUT2D eigenvalue weighted by Gasteiger charge is 2.07. The molecule has 1 aromatic rings. The molecule has 0 aliphatic carbocycles. The summed E-state index contributed by atoms with van der Waals surface area (Å²) in [6.07, 6.45) is 2.48. The summed E-state index contributed by atoms with van der Waals surface area (Å²) in [6, 6.07) is 9.99. The van der Waals surface area contributed by atoms with Gasteiger partial charge >= 0.3 is 0 Å². The van der Waals surface area contributed by atoms with Crippen molar-refractivity contribution < 1.29 is 0 Å². The molecule has 3 N–H and O–H groups in total. The van der Waals surface area contributed by atoms with E-state index in [0.717, 1.165) is 6.42 Å². The van der Waals surface area contributed by atoms with Gasteiger partial charge in [0, 0.05) is 5.92 Å². The van der Waals surface area contributed by atoms with E-state index in [1.807, 2.05) is 30.3 Å². The Hall–Kier alpha value is -1.57. The molecule has 2 nitrogen and oxygen atoms in total. The van der Waals surface area contributed by atoms with Gasteiger partial charge in [-0.15, -0.1) is 6.58 Å². The number of hydrogen-bond donors (Lipinski definition) is 2. The van der Waals surface area contributed by atoms with E-state index in [9.17, 15) is 0 Å². The Morgan fingerprint density at radius 1 is 1.46 bits per heavy atom. The molecule has 0 saturated carbocycles. The lowest BCUT2D eigenvalue weighted by atomic mass is 9.99. The predicted molar refractivity (Wildman–Crippen MR) is 55.7 cm³/mol. The van der Waals surface area contributed by atoms with Crippen LogP contribution >= 0.6 is 0 Å². The Kier molecular flexibility index (Phi) is 3.26. The van der Waals surface area contributed by atoms with Gasteiger partial charge in [-0.3, -0.25) is 5.41 Å². The normalized spacial score (nSPS) is 12.0. The van der Waals surface area contributed by atoms with Crippen LogP contribution in [0.3, 0.4) is 0 Å². The molecule has 13 heavy (non-hydrogen) atoms. The second-order valence-corrected chi connectivity index (χ2v) is 2.99. The number of rotatable bonds is 4. The minimum atomic E-state index is -0.0394. The van der Waals surface area contributed by atoms with Crippen molar-refractivity contribution in [1.29, 1.82) is 5.41 Å².